The first kappa shape index (κ1) is 15.7. The van der Waals surface area contributed by atoms with Crippen molar-refractivity contribution < 1.29 is 0 Å². The molecule has 0 saturated carbocycles. The highest BCUT2D eigenvalue weighted by Gasteiger charge is 2.06. The largest absolute Gasteiger partial charge is 0.312 e. The van der Waals surface area contributed by atoms with E-state index in [4.69, 9.17) is 0 Å². The summed E-state index contributed by atoms with van der Waals surface area (Å²) >= 11 is 0. The van der Waals surface area contributed by atoms with Crippen LogP contribution >= 0.6 is 0 Å². The fourth-order valence-corrected chi connectivity index (χ4v) is 2.70. The summed E-state index contributed by atoms with van der Waals surface area (Å²) in [7, 11) is 0. The van der Waals surface area contributed by atoms with Gasteiger partial charge in [0.05, 0.1) is 17.2 Å². The molecule has 1 heterocycles. The lowest BCUT2D eigenvalue weighted by Crippen LogP contribution is -2.34. The molecule has 0 radical (unpaired) electrons. The molecule has 1 aromatic carbocycles. The highest BCUT2D eigenvalue weighted by atomic mass is 16.1. The number of hydrogen-bond donors (Lipinski definition) is 1. The number of hydrogen-bond acceptors (Lipinski definition) is 3. The first-order chi connectivity index (χ1) is 10.3. The fraction of sp³-hybridized carbons (Fsp3) is 0.529. The molecule has 4 heteroatoms. The molecule has 2 rings (SSSR count). The third-order valence-electron chi connectivity index (χ3n) is 3.79. The van der Waals surface area contributed by atoms with Crippen molar-refractivity contribution in [2.75, 3.05) is 6.54 Å². The van der Waals surface area contributed by atoms with Crippen LogP contribution in [0.2, 0.25) is 0 Å². The third-order valence-corrected chi connectivity index (χ3v) is 3.79. The number of benzene rings is 1. The Morgan fingerprint density at radius 2 is 1.90 bits per heavy atom. The van der Waals surface area contributed by atoms with Crippen LogP contribution in [0.4, 0.5) is 0 Å². The molecule has 0 aliphatic rings. The van der Waals surface area contributed by atoms with Gasteiger partial charge in [0.2, 0.25) is 0 Å². The highest BCUT2D eigenvalue weighted by molar-refractivity contribution is 5.76. The standard InChI is InChI=1S/C17H25N3O/c1-3-7-14(8-4-2)18-11-12-20-13-19-16-10-6-5-9-15(16)17(20)21/h5-6,9-10,13-14,18H,3-4,7-8,11-12H2,1-2H3. The molecular formula is C17H25N3O. The summed E-state index contributed by atoms with van der Waals surface area (Å²) in [6.07, 6.45) is 6.42. The van der Waals surface area contributed by atoms with Gasteiger partial charge in [0.25, 0.3) is 5.56 Å². The van der Waals surface area contributed by atoms with Gasteiger partial charge in [0, 0.05) is 19.1 Å². The molecule has 114 valence electrons. The average molecular weight is 287 g/mol. The van der Waals surface area contributed by atoms with Crippen LogP contribution in [-0.2, 0) is 6.54 Å². The monoisotopic (exact) mass is 287 g/mol. The van der Waals surface area contributed by atoms with Crippen LogP contribution in [0.15, 0.2) is 35.4 Å². The van der Waals surface area contributed by atoms with E-state index < -0.39 is 0 Å². The van der Waals surface area contributed by atoms with Crippen LogP contribution in [0.25, 0.3) is 10.9 Å². The summed E-state index contributed by atoms with van der Waals surface area (Å²) in [5, 5.41) is 4.25. The number of fused-ring (bicyclic) bond motifs is 1. The van der Waals surface area contributed by atoms with E-state index in [9.17, 15) is 4.79 Å². The molecule has 0 spiro atoms. The van der Waals surface area contributed by atoms with Crippen molar-refractivity contribution in [3.63, 3.8) is 0 Å². The van der Waals surface area contributed by atoms with Gasteiger partial charge in [0.15, 0.2) is 0 Å². The lowest BCUT2D eigenvalue weighted by molar-refractivity contribution is 0.429. The molecule has 0 saturated heterocycles. The van der Waals surface area contributed by atoms with E-state index >= 15 is 0 Å². The Kier molecular flexibility index (Phi) is 5.93. The second-order valence-corrected chi connectivity index (χ2v) is 5.49. The number of nitrogens with one attached hydrogen (secondary N) is 1. The quantitative estimate of drug-likeness (QED) is 0.812. The van der Waals surface area contributed by atoms with Crippen LogP contribution in [0.5, 0.6) is 0 Å². The Hall–Kier alpha value is -1.68. The summed E-state index contributed by atoms with van der Waals surface area (Å²) in [6.45, 7) is 5.90. The maximum Gasteiger partial charge on any atom is 0.261 e. The van der Waals surface area contributed by atoms with E-state index in [2.05, 4.69) is 24.1 Å². The predicted molar refractivity (Wildman–Crippen MR) is 87.6 cm³/mol. The van der Waals surface area contributed by atoms with Crippen molar-refractivity contribution in [2.45, 2.75) is 52.1 Å². The van der Waals surface area contributed by atoms with Gasteiger partial charge in [-0.05, 0) is 25.0 Å². The molecule has 4 nitrogen and oxygen atoms in total. The topological polar surface area (TPSA) is 46.9 Å². The van der Waals surface area contributed by atoms with Crippen molar-refractivity contribution in [2.24, 2.45) is 0 Å². The van der Waals surface area contributed by atoms with Gasteiger partial charge in [0.1, 0.15) is 0 Å². The fourth-order valence-electron chi connectivity index (χ4n) is 2.70. The number of aromatic nitrogens is 2. The molecule has 1 aromatic heterocycles. The van der Waals surface area contributed by atoms with E-state index in [1.165, 1.54) is 25.7 Å². The van der Waals surface area contributed by atoms with Crippen LogP contribution < -0.4 is 10.9 Å². The van der Waals surface area contributed by atoms with Gasteiger partial charge in [-0.3, -0.25) is 9.36 Å². The zero-order chi connectivity index (χ0) is 15.1. The normalized spacial score (nSPS) is 11.4. The summed E-state index contributed by atoms with van der Waals surface area (Å²) in [5.74, 6) is 0. The minimum Gasteiger partial charge on any atom is -0.312 e. The van der Waals surface area contributed by atoms with Crippen molar-refractivity contribution in [3.8, 4) is 0 Å². The first-order valence-electron chi connectivity index (χ1n) is 7.93. The molecule has 2 aromatic rings. The van der Waals surface area contributed by atoms with Crippen molar-refractivity contribution >= 4 is 10.9 Å². The van der Waals surface area contributed by atoms with E-state index in [1.807, 2.05) is 24.3 Å². The molecule has 0 fully saturated rings. The Morgan fingerprint density at radius 3 is 2.62 bits per heavy atom. The molecule has 0 unspecified atom stereocenters. The van der Waals surface area contributed by atoms with Gasteiger partial charge in [-0.1, -0.05) is 38.8 Å². The molecule has 0 amide bonds. The Labute approximate surface area is 126 Å². The number of nitrogens with zero attached hydrogens (tertiary/aromatic N) is 2. The molecule has 1 N–H and O–H groups in total. The van der Waals surface area contributed by atoms with E-state index in [-0.39, 0.29) is 5.56 Å². The molecule has 0 aliphatic heterocycles. The maximum absolute atomic E-state index is 12.4. The summed E-state index contributed by atoms with van der Waals surface area (Å²) in [4.78, 5) is 16.7. The first-order valence-corrected chi connectivity index (χ1v) is 7.93. The van der Waals surface area contributed by atoms with Crippen LogP contribution in [0, 0.1) is 0 Å². The van der Waals surface area contributed by atoms with Crippen LogP contribution in [0.3, 0.4) is 0 Å². The third kappa shape index (κ3) is 4.14. The molecule has 21 heavy (non-hydrogen) atoms. The van der Waals surface area contributed by atoms with Gasteiger partial charge >= 0.3 is 0 Å². The number of rotatable bonds is 8. The van der Waals surface area contributed by atoms with E-state index in [0.29, 0.717) is 18.0 Å². The lowest BCUT2D eigenvalue weighted by atomic mass is 10.1. The number of para-hydroxylation sites is 1. The van der Waals surface area contributed by atoms with Gasteiger partial charge in [-0.15, -0.1) is 0 Å². The summed E-state index contributed by atoms with van der Waals surface area (Å²) < 4.78 is 1.70. The summed E-state index contributed by atoms with van der Waals surface area (Å²) in [6, 6.07) is 8.06. The predicted octanol–water partition coefficient (Wildman–Crippen LogP) is 2.95. The van der Waals surface area contributed by atoms with E-state index in [1.54, 1.807) is 10.9 Å². The smallest absolute Gasteiger partial charge is 0.261 e. The van der Waals surface area contributed by atoms with Gasteiger partial charge in [-0.2, -0.15) is 0 Å². The van der Waals surface area contributed by atoms with Gasteiger partial charge in [-0.25, -0.2) is 4.98 Å². The Morgan fingerprint density at radius 1 is 1.19 bits per heavy atom. The maximum atomic E-state index is 12.4. The van der Waals surface area contributed by atoms with Gasteiger partial charge < -0.3 is 5.32 Å². The Balaban J connectivity index is 2.00. The molecule has 0 atom stereocenters. The molecule has 0 aliphatic carbocycles. The SMILES string of the molecule is CCCC(CCC)NCCn1cnc2ccccc2c1=O. The van der Waals surface area contributed by atoms with Crippen LogP contribution in [0.1, 0.15) is 39.5 Å². The molecule has 0 bridgehead atoms. The van der Waals surface area contributed by atoms with Crippen molar-refractivity contribution in [1.82, 2.24) is 14.9 Å². The second kappa shape index (κ2) is 7.93. The summed E-state index contributed by atoms with van der Waals surface area (Å²) in [5.41, 5.74) is 0.812. The average Bonchev–Trinajstić information content (AvgIpc) is 2.50. The zero-order valence-corrected chi connectivity index (χ0v) is 13.0. The minimum absolute atomic E-state index is 0.0462. The van der Waals surface area contributed by atoms with Crippen molar-refractivity contribution in [3.05, 3.63) is 40.9 Å². The molecular weight excluding hydrogens is 262 g/mol. The lowest BCUT2D eigenvalue weighted by Gasteiger charge is -2.17. The Bertz CT molecular complexity index is 615. The van der Waals surface area contributed by atoms with Crippen molar-refractivity contribution in [1.29, 1.82) is 0 Å². The van der Waals surface area contributed by atoms with Crippen LogP contribution in [-0.4, -0.2) is 22.1 Å². The second-order valence-electron chi connectivity index (χ2n) is 5.49. The zero-order valence-electron chi connectivity index (χ0n) is 13.0. The van der Waals surface area contributed by atoms with E-state index in [0.717, 1.165) is 12.1 Å². The minimum atomic E-state index is 0.0462. The highest BCUT2D eigenvalue weighted by Crippen LogP contribution is 2.05.